The first-order chi connectivity index (χ1) is 6.63. The molecule has 0 amide bonds. The Kier molecular flexibility index (Phi) is 3.64. The van der Waals surface area contributed by atoms with Crippen molar-refractivity contribution in [2.75, 3.05) is 7.11 Å². The molecule has 14 heavy (non-hydrogen) atoms. The molecule has 1 aromatic heterocycles. The van der Waals surface area contributed by atoms with Crippen molar-refractivity contribution in [3.63, 3.8) is 0 Å². The summed E-state index contributed by atoms with van der Waals surface area (Å²) in [5, 5.41) is 0. The minimum absolute atomic E-state index is 0.282. The fourth-order valence-corrected chi connectivity index (χ4v) is 1.10. The highest BCUT2D eigenvalue weighted by Gasteiger charge is 1.99. The second-order valence-corrected chi connectivity index (χ2v) is 3.28. The van der Waals surface area contributed by atoms with Gasteiger partial charge < -0.3 is 9.15 Å². The Hall–Kier alpha value is -1.36. The van der Waals surface area contributed by atoms with Gasteiger partial charge in [-0.15, -0.1) is 0 Å². The van der Waals surface area contributed by atoms with Crippen molar-refractivity contribution in [1.29, 1.82) is 0 Å². The summed E-state index contributed by atoms with van der Waals surface area (Å²) in [5.74, 6) is -0.524. The van der Waals surface area contributed by atoms with Crippen molar-refractivity contribution in [2.24, 2.45) is 0 Å². The van der Waals surface area contributed by atoms with Crippen molar-refractivity contribution < 1.29 is 13.9 Å². The number of halogens is 1. The van der Waals surface area contributed by atoms with Crippen molar-refractivity contribution in [1.82, 2.24) is 0 Å². The van der Waals surface area contributed by atoms with Crippen molar-refractivity contribution >= 4 is 28.0 Å². The standard InChI is InChI=1S/C9H7BrO4/c1-13-8(11)3-2-6-4-7(10)5-14-9(6)12/h2-5H,1H3/b3-2+. The van der Waals surface area contributed by atoms with Crippen LogP contribution in [0.3, 0.4) is 0 Å². The molecule has 0 atom stereocenters. The molecule has 1 rings (SSSR count). The lowest BCUT2D eigenvalue weighted by Gasteiger charge is -1.92. The van der Waals surface area contributed by atoms with Gasteiger partial charge in [0.15, 0.2) is 0 Å². The average Bonchev–Trinajstić information content (AvgIpc) is 2.19. The third-order valence-corrected chi connectivity index (χ3v) is 1.82. The Morgan fingerprint density at radius 3 is 3.00 bits per heavy atom. The van der Waals surface area contributed by atoms with E-state index in [0.717, 1.165) is 6.08 Å². The van der Waals surface area contributed by atoms with E-state index in [1.165, 1.54) is 19.4 Å². The first kappa shape index (κ1) is 10.7. The summed E-state index contributed by atoms with van der Waals surface area (Å²) >= 11 is 3.14. The maximum Gasteiger partial charge on any atom is 0.343 e. The molecule has 0 spiro atoms. The minimum Gasteiger partial charge on any atom is -0.466 e. The van der Waals surface area contributed by atoms with Crippen LogP contribution in [0.5, 0.6) is 0 Å². The predicted molar refractivity (Wildman–Crippen MR) is 53.7 cm³/mol. The van der Waals surface area contributed by atoms with Crippen LogP contribution in [0.2, 0.25) is 0 Å². The van der Waals surface area contributed by atoms with Gasteiger partial charge in [0.2, 0.25) is 0 Å². The number of hydrogen-bond acceptors (Lipinski definition) is 4. The van der Waals surface area contributed by atoms with Gasteiger partial charge in [-0.25, -0.2) is 9.59 Å². The van der Waals surface area contributed by atoms with E-state index >= 15 is 0 Å². The van der Waals surface area contributed by atoms with Crippen LogP contribution < -0.4 is 5.63 Å². The summed E-state index contributed by atoms with van der Waals surface area (Å²) in [6.07, 6.45) is 3.76. The van der Waals surface area contributed by atoms with Crippen LogP contribution in [0.4, 0.5) is 0 Å². The van der Waals surface area contributed by atoms with E-state index in [2.05, 4.69) is 25.1 Å². The molecular formula is C9H7BrO4. The summed E-state index contributed by atoms with van der Waals surface area (Å²) in [7, 11) is 1.26. The number of carbonyl (C=O) groups excluding carboxylic acids is 1. The molecule has 1 heterocycles. The van der Waals surface area contributed by atoms with E-state index in [4.69, 9.17) is 0 Å². The van der Waals surface area contributed by atoms with E-state index < -0.39 is 11.6 Å². The smallest absolute Gasteiger partial charge is 0.343 e. The Labute approximate surface area is 88.3 Å². The van der Waals surface area contributed by atoms with Gasteiger partial charge in [0, 0.05) is 6.08 Å². The van der Waals surface area contributed by atoms with Crippen LogP contribution in [0.25, 0.3) is 6.08 Å². The Morgan fingerprint density at radius 1 is 1.64 bits per heavy atom. The first-order valence-corrected chi connectivity index (χ1v) is 4.47. The zero-order valence-corrected chi connectivity index (χ0v) is 8.91. The third-order valence-electron chi connectivity index (χ3n) is 1.41. The number of esters is 1. The Balaban J connectivity index is 2.97. The van der Waals surface area contributed by atoms with Gasteiger partial charge in [0.05, 0.1) is 17.1 Å². The maximum atomic E-state index is 11.1. The quantitative estimate of drug-likeness (QED) is 0.597. The van der Waals surface area contributed by atoms with Gasteiger partial charge in [-0.1, -0.05) is 0 Å². The molecule has 0 saturated heterocycles. The predicted octanol–water partition coefficient (Wildman–Crippen LogP) is 1.59. The van der Waals surface area contributed by atoms with Crippen molar-refractivity contribution in [2.45, 2.75) is 0 Å². The highest BCUT2D eigenvalue weighted by atomic mass is 79.9. The Bertz CT molecular complexity index is 419. The second kappa shape index (κ2) is 4.76. The van der Waals surface area contributed by atoms with Gasteiger partial charge in [-0.05, 0) is 28.1 Å². The van der Waals surface area contributed by atoms with Crippen LogP contribution in [0, 0.1) is 0 Å². The van der Waals surface area contributed by atoms with E-state index in [9.17, 15) is 9.59 Å². The van der Waals surface area contributed by atoms with Crippen LogP contribution >= 0.6 is 15.9 Å². The van der Waals surface area contributed by atoms with Crippen molar-refractivity contribution in [3.05, 3.63) is 38.9 Å². The SMILES string of the molecule is COC(=O)/C=C/c1cc(Br)coc1=O. The molecule has 0 aliphatic carbocycles. The molecule has 1 aromatic rings. The fraction of sp³-hybridized carbons (Fsp3) is 0.111. The summed E-state index contributed by atoms with van der Waals surface area (Å²) in [5.41, 5.74) is -0.224. The van der Waals surface area contributed by atoms with E-state index in [-0.39, 0.29) is 5.56 Å². The molecule has 0 radical (unpaired) electrons. The number of ether oxygens (including phenoxy) is 1. The molecule has 74 valence electrons. The second-order valence-electron chi connectivity index (χ2n) is 2.36. The Morgan fingerprint density at radius 2 is 2.36 bits per heavy atom. The molecule has 0 saturated carbocycles. The molecule has 0 aliphatic heterocycles. The lowest BCUT2D eigenvalue weighted by atomic mass is 10.3. The molecule has 0 aromatic carbocycles. The number of methoxy groups -OCH3 is 1. The topological polar surface area (TPSA) is 56.5 Å². The highest BCUT2D eigenvalue weighted by molar-refractivity contribution is 9.10. The molecule has 4 nitrogen and oxygen atoms in total. The minimum atomic E-state index is -0.524. The van der Waals surface area contributed by atoms with Gasteiger partial charge in [0.25, 0.3) is 0 Å². The molecule has 0 aliphatic rings. The number of rotatable bonds is 2. The van der Waals surface area contributed by atoms with Crippen LogP contribution in [0.1, 0.15) is 5.56 Å². The van der Waals surface area contributed by atoms with Gasteiger partial charge in [-0.2, -0.15) is 0 Å². The fourth-order valence-electron chi connectivity index (χ4n) is 0.761. The number of carbonyl (C=O) groups is 1. The lowest BCUT2D eigenvalue weighted by Crippen LogP contribution is -2.02. The molecule has 5 heteroatoms. The number of hydrogen-bond donors (Lipinski definition) is 0. The third kappa shape index (κ3) is 2.85. The van der Waals surface area contributed by atoms with Crippen LogP contribution in [-0.4, -0.2) is 13.1 Å². The van der Waals surface area contributed by atoms with Crippen LogP contribution in [-0.2, 0) is 9.53 Å². The largest absolute Gasteiger partial charge is 0.466 e. The zero-order valence-electron chi connectivity index (χ0n) is 7.32. The zero-order chi connectivity index (χ0) is 10.6. The van der Waals surface area contributed by atoms with E-state index in [1.54, 1.807) is 6.07 Å². The molecular weight excluding hydrogens is 252 g/mol. The lowest BCUT2D eigenvalue weighted by molar-refractivity contribution is -0.134. The monoisotopic (exact) mass is 258 g/mol. The van der Waals surface area contributed by atoms with Crippen molar-refractivity contribution in [3.8, 4) is 0 Å². The van der Waals surface area contributed by atoms with E-state index in [1.807, 2.05) is 0 Å². The summed E-state index contributed by atoms with van der Waals surface area (Å²) in [6, 6.07) is 1.55. The van der Waals surface area contributed by atoms with Crippen LogP contribution in [0.15, 0.2) is 32.1 Å². The molecule has 0 N–H and O–H groups in total. The molecule has 0 fully saturated rings. The van der Waals surface area contributed by atoms with Gasteiger partial charge in [-0.3, -0.25) is 0 Å². The van der Waals surface area contributed by atoms with E-state index in [0.29, 0.717) is 4.47 Å². The first-order valence-electron chi connectivity index (χ1n) is 3.68. The normalized spacial score (nSPS) is 10.4. The molecule has 0 bridgehead atoms. The summed E-state index contributed by atoms with van der Waals surface area (Å²) in [4.78, 5) is 21.8. The molecule has 0 unspecified atom stereocenters. The van der Waals surface area contributed by atoms with Gasteiger partial charge in [0.1, 0.15) is 6.26 Å². The average molecular weight is 259 g/mol. The van der Waals surface area contributed by atoms with Gasteiger partial charge >= 0.3 is 11.6 Å². The summed E-state index contributed by atoms with van der Waals surface area (Å²) < 4.78 is 9.65. The maximum absolute atomic E-state index is 11.1. The highest BCUT2D eigenvalue weighted by Crippen LogP contribution is 2.09. The summed E-state index contributed by atoms with van der Waals surface area (Å²) in [6.45, 7) is 0.